The van der Waals surface area contributed by atoms with Crippen LogP contribution in [-0.2, 0) is 9.47 Å². The SMILES string of the molecule is C.CC(C)(C)C1(C)CCC1.CC(C)(C)C1CC1.CC(C)(C)C1CCC1.CC(C)(C)C1CCCC1.CC(C)(C)C1CCCCC1.CC(C)(C)C1CCCOC1.CC(C)(C)C1CCOC1.CC1CC(C(C)(C)C)C1.CC1CCC(C(C)(C)C)CC1.CN1CCC(C(C)(C)C)CC1. The second-order valence-electron chi connectivity index (χ2n) is 44.5. The molecule has 0 aromatic rings. The van der Waals surface area contributed by atoms with E-state index < -0.39 is 0 Å². The molecule has 0 radical (unpaired) electrons. The third kappa shape index (κ3) is 39.9. The Bertz CT molecular complexity index is 1740. The molecule has 3 heterocycles. The summed E-state index contributed by atoms with van der Waals surface area (Å²) in [6.07, 6.45) is 40.4. The van der Waals surface area contributed by atoms with Crippen molar-refractivity contribution in [3.05, 3.63) is 0 Å². The van der Waals surface area contributed by atoms with Crippen LogP contribution in [0.4, 0.5) is 0 Å². The fraction of sp³-hybridized carbons (Fsp3) is 1.00. The van der Waals surface area contributed by atoms with Gasteiger partial charge in [0, 0.05) is 26.4 Å². The third-order valence-electron chi connectivity index (χ3n) is 26.1. The molecule has 2 atom stereocenters. The van der Waals surface area contributed by atoms with Crippen LogP contribution >= 0.6 is 0 Å². The van der Waals surface area contributed by atoms with Crippen molar-refractivity contribution in [3.63, 3.8) is 0 Å². The minimum absolute atomic E-state index is 0. The van der Waals surface area contributed by atoms with Gasteiger partial charge < -0.3 is 14.4 Å². The minimum Gasteiger partial charge on any atom is -0.381 e. The number of likely N-dealkylation sites (tertiary alicyclic amines) is 1. The summed E-state index contributed by atoms with van der Waals surface area (Å²) in [7, 11) is 2.22. The zero-order chi connectivity index (χ0) is 71.9. The topological polar surface area (TPSA) is 21.7 Å². The van der Waals surface area contributed by atoms with Gasteiger partial charge in [0.25, 0.3) is 0 Å². The second-order valence-corrected chi connectivity index (χ2v) is 44.5. The molecule has 3 nitrogen and oxygen atoms in total. The number of nitrogens with zero attached hydrogens (tertiary/aromatic N) is 1. The predicted molar refractivity (Wildman–Crippen MR) is 428 cm³/mol. The van der Waals surface area contributed by atoms with E-state index in [1.807, 2.05) is 0 Å². The molecule has 10 fully saturated rings. The molecule has 7 aliphatic carbocycles. The molecule has 0 amide bonds. The summed E-state index contributed by atoms with van der Waals surface area (Å²) in [5, 5.41) is 0. The van der Waals surface area contributed by atoms with Crippen LogP contribution < -0.4 is 0 Å². The first-order valence-electron chi connectivity index (χ1n) is 40.9. The standard InChI is InChI=1S/C11H22.C10H21N.C10H20.C9H18O.3C9H18.C8H16O.C8H16.C7H14.CH4/c1-9-5-7-10(8-6-9)11(2,3)4;1-10(2,3)9-5-7-11(4)8-6-9;1-10(2,3)9-7-5-4-6-8-9;1-9(2,3)8-5-4-6-10-7-8;1-7-5-8(6-7)9(2,3)4;1-8(2,3)9(4)6-5-7-9;1-9(2,3)8-6-4-5-7-8;1-8(2,3)7-4-5-9-6-7;1-8(2,3)7-5-4-6-7;1-7(2,3)6-4-5-6;/h9-10H,5-8H2,1-4H3;9H,5-8H2,1-4H3;9H,4-8H2,1-3H3;8H,4-7H2,1-3H3;7-8H,5-6H2,1-4H3;5-7H2,1-4H3;8H,4-7H2,1-3H3;7H,4-6H2,1-3H3;7H,4-6H2,1-3H3;6H,4-5H2,1-3H3;1H4. The third-order valence-corrected chi connectivity index (χ3v) is 26.1. The molecule has 3 saturated heterocycles. The van der Waals surface area contributed by atoms with Crippen molar-refractivity contribution in [3.8, 4) is 0 Å². The van der Waals surface area contributed by atoms with Crippen molar-refractivity contribution in [1.29, 1.82) is 0 Å². The fourth-order valence-corrected chi connectivity index (χ4v) is 15.7. The lowest BCUT2D eigenvalue weighted by Crippen LogP contribution is -2.38. The van der Waals surface area contributed by atoms with Crippen LogP contribution in [0.2, 0.25) is 0 Å². The quantitative estimate of drug-likeness (QED) is 0.241. The van der Waals surface area contributed by atoms with Crippen LogP contribution in [0.5, 0.6) is 0 Å². The highest BCUT2D eigenvalue weighted by molar-refractivity contribution is 4.93. The number of hydrogen-bond acceptors (Lipinski definition) is 3. The summed E-state index contributed by atoms with van der Waals surface area (Å²) in [5.74, 6) is 10.6. The van der Waals surface area contributed by atoms with Crippen molar-refractivity contribution in [2.24, 2.45) is 125 Å². The van der Waals surface area contributed by atoms with Crippen LogP contribution in [0.25, 0.3) is 0 Å². The summed E-state index contributed by atoms with van der Waals surface area (Å²) >= 11 is 0. The van der Waals surface area contributed by atoms with E-state index in [4.69, 9.17) is 9.47 Å². The summed E-state index contributed by atoms with van der Waals surface area (Å²) < 4.78 is 10.7. The minimum atomic E-state index is 0. The predicted octanol–water partition coefficient (Wildman–Crippen LogP) is 29.8. The molecule has 3 heteroatoms. The van der Waals surface area contributed by atoms with Crippen LogP contribution in [0.15, 0.2) is 0 Å². The first-order chi connectivity index (χ1) is 42.1. The van der Waals surface area contributed by atoms with Gasteiger partial charge in [-0.3, -0.25) is 0 Å². The lowest BCUT2D eigenvalue weighted by Gasteiger charge is -2.49. The van der Waals surface area contributed by atoms with E-state index in [1.165, 1.54) is 193 Å². The van der Waals surface area contributed by atoms with Crippen molar-refractivity contribution in [1.82, 2.24) is 4.90 Å². The second kappa shape index (κ2) is 41.2. The monoisotopic (exact) mass is 1320 g/mol. The zero-order valence-corrected chi connectivity index (χ0v) is 71.2. The molecule has 3 aliphatic heterocycles. The molecule has 10 rings (SSSR count). The molecule has 2 unspecified atom stereocenters. The molecule has 0 aromatic heterocycles. The lowest BCUT2D eigenvalue weighted by atomic mass is 9.56. The summed E-state index contributed by atoms with van der Waals surface area (Å²) in [4.78, 5) is 2.43. The van der Waals surface area contributed by atoms with Gasteiger partial charge in [-0.25, -0.2) is 0 Å². The van der Waals surface area contributed by atoms with Gasteiger partial charge in [0.1, 0.15) is 0 Å². The maximum absolute atomic E-state index is 5.41. The lowest BCUT2D eigenvalue weighted by molar-refractivity contribution is 0.0103. The van der Waals surface area contributed by atoms with Gasteiger partial charge in [0.05, 0.1) is 0 Å². The molecule has 10 aliphatic rings. The summed E-state index contributed by atoms with van der Waals surface area (Å²) in [6.45, 7) is 84.0. The van der Waals surface area contributed by atoms with E-state index in [9.17, 15) is 0 Å². The van der Waals surface area contributed by atoms with Crippen molar-refractivity contribution in [2.45, 2.75) is 416 Å². The molecular weight excluding hydrogens is 1140 g/mol. The van der Waals surface area contributed by atoms with Gasteiger partial charge >= 0.3 is 0 Å². The number of hydrogen-bond donors (Lipinski definition) is 0. The van der Waals surface area contributed by atoms with Crippen molar-refractivity contribution in [2.75, 3.05) is 46.6 Å². The Hall–Kier alpha value is -0.120. The van der Waals surface area contributed by atoms with Crippen LogP contribution in [-0.4, -0.2) is 51.5 Å². The Morgan fingerprint density at radius 3 is 0.734 bits per heavy atom. The van der Waals surface area contributed by atoms with Crippen molar-refractivity contribution < 1.29 is 9.47 Å². The molecule has 0 spiro atoms. The number of piperidine rings is 1. The van der Waals surface area contributed by atoms with Gasteiger partial charge in [0.2, 0.25) is 0 Å². The normalized spacial score (nSPS) is 26.7. The molecule has 0 N–H and O–H groups in total. The zero-order valence-electron chi connectivity index (χ0n) is 71.2. The van der Waals surface area contributed by atoms with E-state index in [2.05, 4.69) is 240 Å². The van der Waals surface area contributed by atoms with Gasteiger partial charge in [-0.1, -0.05) is 294 Å². The Labute approximate surface area is 598 Å². The smallest absolute Gasteiger partial charge is 0.0500 e. The first kappa shape index (κ1) is 93.9. The maximum Gasteiger partial charge on any atom is 0.0500 e. The Kier molecular flexibility index (Phi) is 41.2. The molecule has 0 bridgehead atoms. The largest absolute Gasteiger partial charge is 0.381 e. The Morgan fingerprint density at radius 1 is 0.277 bits per heavy atom. The van der Waals surface area contributed by atoms with E-state index in [-0.39, 0.29) is 7.43 Å². The van der Waals surface area contributed by atoms with E-state index in [0.717, 1.165) is 91.5 Å². The average molecular weight is 1330 g/mol. The van der Waals surface area contributed by atoms with Gasteiger partial charge in [-0.15, -0.1) is 0 Å². The number of rotatable bonds is 0. The average Bonchev–Trinajstić information content (AvgIpc) is 1.07. The number of ether oxygens (including phenoxy) is 2. The molecule has 566 valence electrons. The fourth-order valence-electron chi connectivity index (χ4n) is 15.7. The van der Waals surface area contributed by atoms with Gasteiger partial charge in [-0.05, 0) is 267 Å². The Balaban J connectivity index is 0.00000102. The maximum atomic E-state index is 5.41. The first-order valence-corrected chi connectivity index (χ1v) is 40.9. The Morgan fingerprint density at radius 2 is 0.553 bits per heavy atom. The molecule has 7 saturated carbocycles. The van der Waals surface area contributed by atoms with Crippen LogP contribution in [0.3, 0.4) is 0 Å². The summed E-state index contributed by atoms with van der Waals surface area (Å²) in [6, 6.07) is 0. The molecular formula is C91H185NO2. The van der Waals surface area contributed by atoms with Crippen molar-refractivity contribution >= 4 is 0 Å². The van der Waals surface area contributed by atoms with Crippen LogP contribution in [0, 0.1) is 125 Å². The highest BCUT2D eigenvalue weighted by Crippen LogP contribution is 2.53. The van der Waals surface area contributed by atoms with E-state index in [1.54, 1.807) is 0 Å². The summed E-state index contributed by atoms with van der Waals surface area (Å²) in [5.41, 5.74) is 6.11. The van der Waals surface area contributed by atoms with Gasteiger partial charge in [-0.2, -0.15) is 0 Å². The van der Waals surface area contributed by atoms with E-state index >= 15 is 0 Å². The van der Waals surface area contributed by atoms with E-state index in [0.29, 0.717) is 59.6 Å². The van der Waals surface area contributed by atoms with Crippen LogP contribution in [0.1, 0.15) is 416 Å². The highest BCUT2D eigenvalue weighted by Gasteiger charge is 2.42. The highest BCUT2D eigenvalue weighted by atomic mass is 16.5. The van der Waals surface area contributed by atoms with Gasteiger partial charge in [0.15, 0.2) is 0 Å². The molecule has 0 aromatic carbocycles. The molecule has 94 heavy (non-hydrogen) atoms.